The maximum Gasteiger partial charge on any atom is 0.356 e. The lowest BCUT2D eigenvalue weighted by Gasteiger charge is -2.04. The van der Waals surface area contributed by atoms with E-state index >= 15 is 0 Å². The molecule has 88 valence electrons. The van der Waals surface area contributed by atoms with Crippen molar-refractivity contribution in [2.24, 2.45) is 7.05 Å². The number of benzene rings is 1. The maximum absolute atomic E-state index is 10.8. The largest absolute Gasteiger partial charge is 0.508 e. The lowest BCUT2D eigenvalue weighted by Crippen LogP contribution is -1.99. The molecule has 2 N–H and O–H groups in total. The van der Waals surface area contributed by atoms with Crippen LogP contribution in [0.4, 0.5) is 0 Å². The highest BCUT2D eigenvalue weighted by Gasteiger charge is 2.12. The average Bonchev–Trinajstić information content (AvgIpc) is 2.65. The van der Waals surface area contributed by atoms with Crippen molar-refractivity contribution < 1.29 is 15.0 Å². The summed E-state index contributed by atoms with van der Waals surface area (Å²) in [5.41, 5.74) is 2.27. The molecular formula is C12H12N2O3. The van der Waals surface area contributed by atoms with Gasteiger partial charge < -0.3 is 10.2 Å². The molecule has 1 aromatic heterocycles. The van der Waals surface area contributed by atoms with Crippen molar-refractivity contribution in [2.75, 3.05) is 0 Å². The number of aryl methyl sites for hydroxylation is 2. The summed E-state index contributed by atoms with van der Waals surface area (Å²) >= 11 is 0. The minimum Gasteiger partial charge on any atom is -0.508 e. The molecule has 0 aliphatic carbocycles. The molecule has 0 atom stereocenters. The van der Waals surface area contributed by atoms with E-state index in [4.69, 9.17) is 5.11 Å². The third-order valence-electron chi connectivity index (χ3n) is 2.59. The van der Waals surface area contributed by atoms with Gasteiger partial charge in [0.1, 0.15) is 5.75 Å². The lowest BCUT2D eigenvalue weighted by atomic mass is 10.1. The molecule has 0 saturated heterocycles. The Bertz CT molecular complexity index is 587. The SMILES string of the molecule is Cc1cc(-c2cc(C(=O)O)nn2C)ccc1O. The van der Waals surface area contributed by atoms with Crippen LogP contribution in [0.5, 0.6) is 5.75 Å². The van der Waals surface area contributed by atoms with Crippen LogP contribution in [0.2, 0.25) is 0 Å². The fraction of sp³-hybridized carbons (Fsp3) is 0.167. The number of hydrogen-bond acceptors (Lipinski definition) is 3. The first-order valence-corrected chi connectivity index (χ1v) is 5.06. The normalized spacial score (nSPS) is 10.5. The van der Waals surface area contributed by atoms with Crippen LogP contribution in [0, 0.1) is 6.92 Å². The number of aromatic nitrogens is 2. The Hall–Kier alpha value is -2.30. The molecule has 0 unspecified atom stereocenters. The molecule has 0 amide bonds. The zero-order valence-corrected chi connectivity index (χ0v) is 9.51. The Balaban J connectivity index is 2.52. The minimum absolute atomic E-state index is 0.00762. The third kappa shape index (κ3) is 1.99. The molecule has 0 bridgehead atoms. The Morgan fingerprint density at radius 1 is 1.35 bits per heavy atom. The number of phenolic OH excluding ortho intramolecular Hbond substituents is 1. The smallest absolute Gasteiger partial charge is 0.356 e. The van der Waals surface area contributed by atoms with Crippen LogP contribution in [-0.2, 0) is 7.05 Å². The molecule has 5 heteroatoms. The van der Waals surface area contributed by atoms with Gasteiger partial charge in [0.2, 0.25) is 0 Å². The average molecular weight is 232 g/mol. The first kappa shape index (κ1) is 11.2. The summed E-state index contributed by atoms with van der Waals surface area (Å²) < 4.78 is 1.51. The van der Waals surface area contributed by atoms with Gasteiger partial charge in [-0.05, 0) is 36.8 Å². The van der Waals surface area contributed by atoms with Crippen LogP contribution in [0.25, 0.3) is 11.3 Å². The Morgan fingerprint density at radius 2 is 2.06 bits per heavy atom. The molecular weight excluding hydrogens is 220 g/mol. The summed E-state index contributed by atoms with van der Waals surface area (Å²) in [7, 11) is 1.68. The van der Waals surface area contributed by atoms with Crippen LogP contribution in [0.15, 0.2) is 24.3 Å². The van der Waals surface area contributed by atoms with Crippen LogP contribution in [0.1, 0.15) is 16.1 Å². The molecule has 1 heterocycles. The number of aromatic carboxylic acids is 1. The summed E-state index contributed by atoms with van der Waals surface area (Å²) in [5, 5.41) is 22.2. The van der Waals surface area contributed by atoms with Gasteiger partial charge in [0.05, 0.1) is 5.69 Å². The summed E-state index contributed by atoms with van der Waals surface area (Å²) in [6, 6.07) is 6.61. The predicted octanol–water partition coefficient (Wildman–Crippen LogP) is 1.80. The summed E-state index contributed by atoms with van der Waals surface area (Å²) in [6.45, 7) is 1.79. The first-order chi connectivity index (χ1) is 7.99. The number of carboxylic acids is 1. The molecule has 0 spiro atoms. The number of aromatic hydroxyl groups is 1. The van der Waals surface area contributed by atoms with Gasteiger partial charge in [0.15, 0.2) is 5.69 Å². The Kier molecular flexibility index (Phi) is 2.59. The topological polar surface area (TPSA) is 75.3 Å². The summed E-state index contributed by atoms with van der Waals surface area (Å²) in [4.78, 5) is 10.8. The van der Waals surface area contributed by atoms with Crippen LogP contribution in [0.3, 0.4) is 0 Å². The summed E-state index contributed by atoms with van der Waals surface area (Å²) in [6.07, 6.45) is 0. The van der Waals surface area contributed by atoms with E-state index in [1.165, 1.54) is 10.7 Å². The van der Waals surface area contributed by atoms with E-state index in [1.807, 2.05) is 0 Å². The molecule has 0 aliphatic heterocycles. The summed E-state index contributed by atoms with van der Waals surface area (Å²) in [5.74, 6) is -0.836. The van der Waals surface area contributed by atoms with E-state index < -0.39 is 5.97 Å². The van der Waals surface area contributed by atoms with Crippen LogP contribution >= 0.6 is 0 Å². The number of hydrogen-bond donors (Lipinski definition) is 2. The van der Waals surface area contributed by atoms with E-state index in [2.05, 4.69) is 5.10 Å². The van der Waals surface area contributed by atoms with Gasteiger partial charge >= 0.3 is 5.97 Å². The standard InChI is InChI=1S/C12H12N2O3/c1-7-5-8(3-4-11(7)15)10-6-9(12(16)17)13-14(10)2/h3-6,15H,1-2H3,(H,16,17). The van der Waals surface area contributed by atoms with Crippen molar-refractivity contribution in [1.82, 2.24) is 9.78 Å². The Morgan fingerprint density at radius 3 is 2.59 bits per heavy atom. The van der Waals surface area contributed by atoms with Gasteiger partial charge in [0.25, 0.3) is 0 Å². The number of nitrogens with zero attached hydrogens (tertiary/aromatic N) is 2. The van der Waals surface area contributed by atoms with Gasteiger partial charge in [-0.3, -0.25) is 4.68 Å². The fourth-order valence-electron chi connectivity index (χ4n) is 1.66. The minimum atomic E-state index is -1.05. The Labute approximate surface area is 97.9 Å². The number of carboxylic acid groups (broad SMARTS) is 1. The number of carbonyl (C=O) groups is 1. The van der Waals surface area contributed by atoms with E-state index in [0.717, 1.165) is 11.1 Å². The molecule has 0 radical (unpaired) electrons. The van der Waals surface area contributed by atoms with Crippen LogP contribution in [-0.4, -0.2) is 26.0 Å². The van der Waals surface area contributed by atoms with Gasteiger partial charge in [0, 0.05) is 12.6 Å². The zero-order chi connectivity index (χ0) is 12.6. The molecule has 17 heavy (non-hydrogen) atoms. The van der Waals surface area contributed by atoms with Crippen molar-refractivity contribution in [2.45, 2.75) is 6.92 Å². The second kappa shape index (κ2) is 3.93. The van der Waals surface area contributed by atoms with Crippen molar-refractivity contribution >= 4 is 5.97 Å². The third-order valence-corrected chi connectivity index (χ3v) is 2.59. The van der Waals surface area contributed by atoms with Gasteiger partial charge in [-0.2, -0.15) is 5.10 Å². The zero-order valence-electron chi connectivity index (χ0n) is 9.51. The van der Waals surface area contributed by atoms with Crippen molar-refractivity contribution in [3.63, 3.8) is 0 Å². The molecule has 2 rings (SSSR count). The van der Waals surface area contributed by atoms with Crippen molar-refractivity contribution in [3.8, 4) is 17.0 Å². The molecule has 0 saturated carbocycles. The van der Waals surface area contributed by atoms with Crippen LogP contribution < -0.4 is 0 Å². The van der Waals surface area contributed by atoms with E-state index in [1.54, 1.807) is 32.2 Å². The first-order valence-electron chi connectivity index (χ1n) is 5.06. The van der Waals surface area contributed by atoms with Crippen molar-refractivity contribution in [3.05, 3.63) is 35.5 Å². The predicted molar refractivity (Wildman–Crippen MR) is 62.0 cm³/mol. The maximum atomic E-state index is 10.8. The highest BCUT2D eigenvalue weighted by atomic mass is 16.4. The van der Waals surface area contributed by atoms with Gasteiger partial charge in [-0.25, -0.2) is 4.79 Å². The second-order valence-electron chi connectivity index (χ2n) is 3.84. The number of phenols is 1. The van der Waals surface area contributed by atoms with E-state index in [9.17, 15) is 9.90 Å². The molecule has 0 fully saturated rings. The monoisotopic (exact) mass is 232 g/mol. The van der Waals surface area contributed by atoms with Gasteiger partial charge in [-0.15, -0.1) is 0 Å². The van der Waals surface area contributed by atoms with E-state index in [-0.39, 0.29) is 11.4 Å². The molecule has 0 aliphatic rings. The number of rotatable bonds is 2. The van der Waals surface area contributed by atoms with Crippen molar-refractivity contribution in [1.29, 1.82) is 0 Å². The van der Waals surface area contributed by atoms with Gasteiger partial charge in [-0.1, -0.05) is 0 Å². The lowest BCUT2D eigenvalue weighted by molar-refractivity contribution is 0.0689. The second-order valence-corrected chi connectivity index (χ2v) is 3.84. The highest BCUT2D eigenvalue weighted by molar-refractivity contribution is 5.87. The molecule has 2 aromatic rings. The fourth-order valence-corrected chi connectivity index (χ4v) is 1.66. The highest BCUT2D eigenvalue weighted by Crippen LogP contribution is 2.25. The molecule has 5 nitrogen and oxygen atoms in total. The quantitative estimate of drug-likeness (QED) is 0.827. The van der Waals surface area contributed by atoms with E-state index in [0.29, 0.717) is 5.69 Å². The molecule has 1 aromatic carbocycles.